The number of ether oxygens (including phenoxy) is 1. The molecule has 0 spiro atoms. The van der Waals surface area contributed by atoms with Gasteiger partial charge in [-0.05, 0) is 68.7 Å². The van der Waals surface area contributed by atoms with E-state index in [1.807, 2.05) is 45.0 Å². The molecule has 10 heteroatoms. The molecule has 0 bridgehead atoms. The van der Waals surface area contributed by atoms with Crippen LogP contribution in [-0.2, 0) is 26.2 Å². The first-order chi connectivity index (χ1) is 19.4. The fourth-order valence-corrected chi connectivity index (χ4v) is 5.78. The minimum atomic E-state index is -4.24. The van der Waals surface area contributed by atoms with Crippen LogP contribution in [0.4, 0.5) is 5.69 Å². The third-order valence-electron chi connectivity index (χ3n) is 6.40. The fraction of sp³-hybridized carbons (Fsp3) is 0.355. The van der Waals surface area contributed by atoms with Crippen LogP contribution in [0.2, 0.25) is 5.02 Å². The molecule has 0 heterocycles. The van der Waals surface area contributed by atoms with Gasteiger partial charge in [-0.2, -0.15) is 0 Å². The van der Waals surface area contributed by atoms with Gasteiger partial charge in [0.2, 0.25) is 11.8 Å². The van der Waals surface area contributed by atoms with Crippen LogP contribution in [0.15, 0.2) is 77.7 Å². The Hall–Kier alpha value is -3.56. The molecule has 0 fully saturated rings. The van der Waals surface area contributed by atoms with E-state index in [4.69, 9.17) is 16.3 Å². The molecule has 0 saturated carbocycles. The average Bonchev–Trinajstić information content (AvgIpc) is 2.93. The molecule has 0 aliphatic heterocycles. The number of carbonyl (C=O) groups is 2. The smallest absolute Gasteiger partial charge is 0.264 e. The lowest BCUT2D eigenvalue weighted by Gasteiger charge is -2.32. The van der Waals surface area contributed by atoms with E-state index in [1.165, 1.54) is 29.2 Å². The van der Waals surface area contributed by atoms with Crippen molar-refractivity contribution >= 4 is 39.1 Å². The maximum absolute atomic E-state index is 14.1. The molecule has 1 unspecified atom stereocenters. The van der Waals surface area contributed by atoms with Gasteiger partial charge in [0.25, 0.3) is 10.0 Å². The lowest BCUT2D eigenvalue weighted by atomic mass is 10.1. The number of anilines is 1. The van der Waals surface area contributed by atoms with E-state index in [0.717, 1.165) is 15.4 Å². The number of nitrogens with one attached hydrogen (secondary N) is 1. The maximum Gasteiger partial charge on any atom is 0.264 e. The van der Waals surface area contributed by atoms with Crippen LogP contribution < -0.4 is 14.4 Å². The van der Waals surface area contributed by atoms with Gasteiger partial charge < -0.3 is 15.0 Å². The zero-order chi connectivity index (χ0) is 30.2. The summed E-state index contributed by atoms with van der Waals surface area (Å²) >= 11 is 6.02. The summed E-state index contributed by atoms with van der Waals surface area (Å²) in [6, 6.07) is 19.2. The number of sulfonamides is 1. The van der Waals surface area contributed by atoms with Crippen LogP contribution in [0.1, 0.15) is 38.8 Å². The Morgan fingerprint density at radius 1 is 0.976 bits per heavy atom. The lowest BCUT2D eigenvalue weighted by molar-refractivity contribution is -0.139. The maximum atomic E-state index is 14.1. The summed E-state index contributed by atoms with van der Waals surface area (Å²) in [5.74, 6) is -0.320. The molecule has 1 N–H and O–H groups in total. The van der Waals surface area contributed by atoms with Crippen molar-refractivity contribution in [3.63, 3.8) is 0 Å². The van der Waals surface area contributed by atoms with Gasteiger partial charge in [-0.1, -0.05) is 67.4 Å². The molecule has 0 aliphatic carbocycles. The first kappa shape index (κ1) is 32.0. The summed E-state index contributed by atoms with van der Waals surface area (Å²) in [5, 5.41) is 3.27. The minimum absolute atomic E-state index is 0.0334. The van der Waals surface area contributed by atoms with Crippen molar-refractivity contribution in [1.29, 1.82) is 0 Å². The number of hydrogen-bond acceptors (Lipinski definition) is 5. The summed E-state index contributed by atoms with van der Waals surface area (Å²) in [4.78, 5) is 28.6. The van der Waals surface area contributed by atoms with Gasteiger partial charge in [-0.15, -0.1) is 0 Å². The van der Waals surface area contributed by atoms with E-state index in [2.05, 4.69) is 5.32 Å². The van der Waals surface area contributed by atoms with Crippen molar-refractivity contribution in [1.82, 2.24) is 10.2 Å². The molecule has 3 rings (SSSR count). The van der Waals surface area contributed by atoms with E-state index < -0.39 is 28.5 Å². The second-order valence-corrected chi connectivity index (χ2v) is 12.5. The minimum Gasteiger partial charge on any atom is -0.492 e. The summed E-state index contributed by atoms with van der Waals surface area (Å²) in [6.07, 6.45) is 0. The molecular formula is C31H38ClN3O5S. The van der Waals surface area contributed by atoms with Crippen LogP contribution >= 0.6 is 11.6 Å². The lowest BCUT2D eigenvalue weighted by Crippen LogP contribution is -2.51. The second kappa shape index (κ2) is 14.4. The molecule has 0 radical (unpaired) electrons. The highest BCUT2D eigenvalue weighted by Crippen LogP contribution is 2.33. The number of benzene rings is 3. The Kier molecular flexibility index (Phi) is 11.2. The largest absolute Gasteiger partial charge is 0.492 e. The molecule has 8 nitrogen and oxygen atoms in total. The van der Waals surface area contributed by atoms with Gasteiger partial charge in [0.1, 0.15) is 18.3 Å². The number of rotatable bonds is 13. The van der Waals surface area contributed by atoms with Crippen molar-refractivity contribution in [2.75, 3.05) is 24.0 Å². The number of halogens is 1. The average molecular weight is 600 g/mol. The van der Waals surface area contributed by atoms with Gasteiger partial charge in [0, 0.05) is 18.1 Å². The summed E-state index contributed by atoms with van der Waals surface area (Å²) in [7, 11) is -4.24. The van der Waals surface area contributed by atoms with Crippen LogP contribution in [0.5, 0.6) is 5.75 Å². The van der Waals surface area contributed by atoms with Gasteiger partial charge in [-0.3, -0.25) is 13.9 Å². The Morgan fingerprint density at radius 2 is 1.66 bits per heavy atom. The molecule has 3 aromatic carbocycles. The van der Waals surface area contributed by atoms with Crippen molar-refractivity contribution in [2.45, 2.75) is 52.1 Å². The molecule has 2 amide bonds. The van der Waals surface area contributed by atoms with Gasteiger partial charge in [-0.25, -0.2) is 8.42 Å². The Bertz CT molecular complexity index is 1440. The molecule has 0 saturated heterocycles. The van der Waals surface area contributed by atoms with Gasteiger partial charge in [0.05, 0.1) is 17.2 Å². The predicted octanol–water partition coefficient (Wildman–Crippen LogP) is 5.43. The Morgan fingerprint density at radius 3 is 2.29 bits per heavy atom. The highest BCUT2D eigenvalue weighted by molar-refractivity contribution is 7.92. The highest BCUT2D eigenvalue weighted by atomic mass is 35.5. The van der Waals surface area contributed by atoms with Crippen LogP contribution in [0.25, 0.3) is 0 Å². The third-order valence-corrected chi connectivity index (χ3v) is 8.43. The van der Waals surface area contributed by atoms with E-state index in [9.17, 15) is 18.0 Å². The number of nitrogens with zero attached hydrogens (tertiary/aromatic N) is 2. The summed E-state index contributed by atoms with van der Waals surface area (Å²) in [5.41, 5.74) is 2.04. The molecule has 220 valence electrons. The van der Waals surface area contributed by atoms with E-state index in [0.29, 0.717) is 23.9 Å². The van der Waals surface area contributed by atoms with E-state index >= 15 is 0 Å². The van der Waals surface area contributed by atoms with Crippen molar-refractivity contribution in [3.05, 3.63) is 88.9 Å². The number of para-hydroxylation sites is 2. The van der Waals surface area contributed by atoms with Crippen molar-refractivity contribution in [3.8, 4) is 5.75 Å². The van der Waals surface area contributed by atoms with Gasteiger partial charge in [0.15, 0.2) is 0 Å². The third kappa shape index (κ3) is 8.47. The zero-order valence-corrected chi connectivity index (χ0v) is 25.7. The Balaban J connectivity index is 2.07. The van der Waals surface area contributed by atoms with Crippen molar-refractivity contribution in [2.24, 2.45) is 5.92 Å². The fourth-order valence-electron chi connectivity index (χ4n) is 4.23. The molecule has 0 aromatic heterocycles. The van der Waals surface area contributed by atoms with Crippen LogP contribution in [0.3, 0.4) is 0 Å². The van der Waals surface area contributed by atoms with Crippen LogP contribution in [0, 0.1) is 12.8 Å². The second-order valence-electron chi connectivity index (χ2n) is 10.2. The molecule has 1 atom stereocenters. The number of hydrogen-bond donors (Lipinski definition) is 1. The SMILES string of the molecule is CCOc1ccccc1N(CC(=O)N(Cc1cccc(C)c1)C(C)C(=O)NCC(C)C)S(=O)(=O)c1ccc(Cl)cc1. The molecular weight excluding hydrogens is 562 g/mol. The Labute approximate surface area is 248 Å². The molecule has 41 heavy (non-hydrogen) atoms. The summed E-state index contributed by atoms with van der Waals surface area (Å²) < 4.78 is 34.8. The van der Waals surface area contributed by atoms with Crippen molar-refractivity contribution < 1.29 is 22.7 Å². The molecule has 3 aromatic rings. The predicted molar refractivity (Wildman–Crippen MR) is 163 cm³/mol. The highest BCUT2D eigenvalue weighted by Gasteiger charge is 2.33. The molecule has 0 aliphatic rings. The number of amides is 2. The summed E-state index contributed by atoms with van der Waals surface area (Å²) in [6.45, 7) is 9.67. The van der Waals surface area contributed by atoms with E-state index in [1.54, 1.807) is 38.1 Å². The first-order valence-corrected chi connectivity index (χ1v) is 15.4. The number of aryl methyl sites for hydroxylation is 1. The topological polar surface area (TPSA) is 96.0 Å². The standard InChI is InChI=1S/C31H38ClN3O5S/c1-6-40-29-13-8-7-12-28(29)35(41(38,39)27-16-14-26(32)15-17-27)21-30(36)34(20-25-11-9-10-23(4)18-25)24(5)31(37)33-19-22(2)3/h7-18,22,24H,6,19-21H2,1-5H3,(H,33,37). The first-order valence-electron chi connectivity index (χ1n) is 13.6. The monoisotopic (exact) mass is 599 g/mol. The quantitative estimate of drug-likeness (QED) is 0.283. The number of carbonyl (C=O) groups excluding carboxylic acids is 2. The van der Waals surface area contributed by atoms with Crippen LogP contribution in [-0.4, -0.2) is 50.9 Å². The zero-order valence-electron chi connectivity index (χ0n) is 24.1. The van der Waals surface area contributed by atoms with Gasteiger partial charge >= 0.3 is 0 Å². The normalized spacial score (nSPS) is 12.1. The van der Waals surface area contributed by atoms with E-state index in [-0.39, 0.29) is 29.0 Å².